The van der Waals surface area contributed by atoms with E-state index in [9.17, 15) is 14.4 Å². The number of carbonyl (C=O) groups is 3. The van der Waals surface area contributed by atoms with E-state index in [-0.39, 0.29) is 35.4 Å². The molecule has 0 spiro atoms. The van der Waals surface area contributed by atoms with Crippen molar-refractivity contribution in [3.05, 3.63) is 0 Å². The molecule has 0 aromatic carbocycles. The molecule has 1 heterocycles. The number of carbonyl (C=O) groups excluding carboxylic acids is 3. The van der Waals surface area contributed by atoms with Gasteiger partial charge in [0.05, 0.1) is 18.7 Å². The maximum atomic E-state index is 12.9. The number of Topliss-reactive ketones (excluding diaryl/α,β-unsaturated/α-hetero) is 1. The Balaban J connectivity index is 2.88. The Morgan fingerprint density at radius 3 is 1.78 bits per heavy atom. The second-order valence-electron chi connectivity index (χ2n) is 9.04. The monoisotopic (exact) mass is 383 g/mol. The maximum absolute atomic E-state index is 12.9. The van der Waals surface area contributed by atoms with Crippen molar-refractivity contribution in [3.63, 3.8) is 0 Å². The first-order valence-corrected chi connectivity index (χ1v) is 9.92. The predicted molar refractivity (Wildman–Crippen MR) is 105 cm³/mol. The van der Waals surface area contributed by atoms with E-state index in [0.29, 0.717) is 19.4 Å². The lowest BCUT2D eigenvalue weighted by atomic mass is 9.92. The Morgan fingerprint density at radius 2 is 1.37 bits per heavy atom. The Hall–Kier alpha value is -1.47. The highest BCUT2D eigenvalue weighted by Gasteiger charge is 2.50. The minimum atomic E-state index is -0.802. The number of ketones is 1. The molecule has 0 aromatic rings. The predicted octanol–water partition coefficient (Wildman–Crippen LogP) is 1.39. The summed E-state index contributed by atoms with van der Waals surface area (Å²) in [7, 11) is 0. The van der Waals surface area contributed by atoms with Crippen molar-refractivity contribution in [2.45, 2.75) is 85.0 Å². The summed E-state index contributed by atoms with van der Waals surface area (Å²) in [6, 6.07) is -2.03. The summed E-state index contributed by atoms with van der Waals surface area (Å²) in [5, 5.41) is 5.61. The van der Waals surface area contributed by atoms with Gasteiger partial charge in [0.25, 0.3) is 0 Å². The van der Waals surface area contributed by atoms with Crippen LogP contribution in [0.15, 0.2) is 0 Å². The number of nitrogens with one attached hydrogen (secondary N) is 2. The molecule has 0 radical (unpaired) electrons. The van der Waals surface area contributed by atoms with Crippen LogP contribution in [-0.4, -0.2) is 47.9 Å². The second kappa shape index (κ2) is 9.64. The third kappa shape index (κ3) is 7.22. The van der Waals surface area contributed by atoms with Crippen molar-refractivity contribution in [2.24, 2.45) is 23.5 Å². The summed E-state index contributed by atoms with van der Waals surface area (Å²) in [5.74, 6) is -0.423. The van der Waals surface area contributed by atoms with E-state index in [1.54, 1.807) is 6.92 Å². The minimum absolute atomic E-state index is 0.0324. The molecule has 1 aliphatic heterocycles. The van der Waals surface area contributed by atoms with Crippen molar-refractivity contribution < 1.29 is 19.1 Å². The summed E-state index contributed by atoms with van der Waals surface area (Å²) < 4.78 is 5.26. The SMILES string of the molecule is CC(C)C[C@H](NC(=O)[C@@H](N)C(C)C)C(=O)N[C@@H](CC(C)C)C(=O)[C@@]1(C)CO1. The Morgan fingerprint density at radius 1 is 0.926 bits per heavy atom. The average molecular weight is 384 g/mol. The average Bonchev–Trinajstić information content (AvgIpc) is 3.29. The number of rotatable bonds is 11. The number of amides is 2. The molecule has 7 nitrogen and oxygen atoms in total. The molecule has 1 aliphatic rings. The van der Waals surface area contributed by atoms with Crippen LogP contribution < -0.4 is 16.4 Å². The highest BCUT2D eigenvalue weighted by molar-refractivity contribution is 5.98. The van der Waals surface area contributed by atoms with Gasteiger partial charge in [0.2, 0.25) is 11.8 Å². The number of epoxide rings is 1. The van der Waals surface area contributed by atoms with Crippen molar-refractivity contribution in [1.29, 1.82) is 0 Å². The van der Waals surface area contributed by atoms with Gasteiger partial charge in [-0.05, 0) is 37.5 Å². The molecule has 27 heavy (non-hydrogen) atoms. The van der Waals surface area contributed by atoms with Crippen molar-refractivity contribution in [2.75, 3.05) is 6.61 Å². The van der Waals surface area contributed by atoms with Gasteiger partial charge in [0.1, 0.15) is 11.6 Å². The molecule has 1 saturated heterocycles. The normalized spacial score (nSPS) is 22.5. The summed E-state index contributed by atoms with van der Waals surface area (Å²) in [6.45, 7) is 13.8. The van der Waals surface area contributed by atoms with Crippen LogP contribution in [0.5, 0.6) is 0 Å². The van der Waals surface area contributed by atoms with Crippen LogP contribution in [0, 0.1) is 17.8 Å². The molecule has 2 amide bonds. The second-order valence-corrected chi connectivity index (χ2v) is 9.04. The molecule has 0 aliphatic carbocycles. The minimum Gasteiger partial charge on any atom is -0.361 e. The molecular formula is C20H37N3O4. The van der Waals surface area contributed by atoms with Crippen LogP contribution >= 0.6 is 0 Å². The van der Waals surface area contributed by atoms with E-state index < -0.39 is 23.7 Å². The number of hydrogen-bond donors (Lipinski definition) is 3. The lowest BCUT2D eigenvalue weighted by Gasteiger charge is -2.27. The molecule has 7 heteroatoms. The number of hydrogen-bond acceptors (Lipinski definition) is 5. The fraction of sp³-hybridized carbons (Fsp3) is 0.850. The Labute approximate surface area is 163 Å². The van der Waals surface area contributed by atoms with Gasteiger partial charge in [0, 0.05) is 0 Å². The standard InChI is InChI=1S/C20H37N3O4/c1-11(2)8-14(17(24)20(7)10-27-20)22-18(25)15(9-12(3)4)23-19(26)16(21)13(5)6/h11-16H,8-10,21H2,1-7H3,(H,22,25)(H,23,26)/t14-,15-,16-,20+/m0/s1. The van der Waals surface area contributed by atoms with Crippen molar-refractivity contribution in [1.82, 2.24) is 10.6 Å². The number of ether oxygens (including phenoxy) is 1. The zero-order valence-corrected chi connectivity index (χ0v) is 17.8. The van der Waals surface area contributed by atoms with Gasteiger partial charge in [-0.1, -0.05) is 41.5 Å². The van der Waals surface area contributed by atoms with Crippen LogP contribution in [0.25, 0.3) is 0 Å². The van der Waals surface area contributed by atoms with Crippen LogP contribution in [0.4, 0.5) is 0 Å². The molecule has 1 fully saturated rings. The fourth-order valence-electron chi connectivity index (χ4n) is 2.87. The van der Waals surface area contributed by atoms with Crippen molar-refractivity contribution >= 4 is 17.6 Å². The molecular weight excluding hydrogens is 346 g/mol. The van der Waals surface area contributed by atoms with Gasteiger partial charge in [-0.3, -0.25) is 14.4 Å². The van der Waals surface area contributed by atoms with Gasteiger partial charge in [-0.25, -0.2) is 0 Å². The van der Waals surface area contributed by atoms with E-state index >= 15 is 0 Å². The first kappa shape index (κ1) is 23.6. The molecule has 0 aromatic heterocycles. The molecule has 1 rings (SSSR count). The third-order valence-electron chi connectivity index (χ3n) is 4.80. The molecule has 0 saturated carbocycles. The first-order chi connectivity index (χ1) is 12.4. The van der Waals surface area contributed by atoms with E-state index in [2.05, 4.69) is 10.6 Å². The van der Waals surface area contributed by atoms with Crippen LogP contribution in [0.3, 0.4) is 0 Å². The highest BCUT2D eigenvalue weighted by atomic mass is 16.6. The van der Waals surface area contributed by atoms with E-state index in [1.165, 1.54) is 0 Å². The smallest absolute Gasteiger partial charge is 0.243 e. The molecule has 156 valence electrons. The first-order valence-electron chi connectivity index (χ1n) is 9.92. The third-order valence-corrected chi connectivity index (χ3v) is 4.80. The Bertz CT molecular complexity index is 541. The lowest BCUT2D eigenvalue weighted by molar-refractivity contribution is -0.134. The van der Waals surface area contributed by atoms with Crippen molar-refractivity contribution in [3.8, 4) is 0 Å². The zero-order valence-electron chi connectivity index (χ0n) is 17.8. The van der Waals surface area contributed by atoms with E-state index in [1.807, 2.05) is 41.5 Å². The van der Waals surface area contributed by atoms with Gasteiger partial charge in [-0.15, -0.1) is 0 Å². The van der Waals surface area contributed by atoms with Crippen LogP contribution in [-0.2, 0) is 19.1 Å². The maximum Gasteiger partial charge on any atom is 0.243 e. The van der Waals surface area contributed by atoms with Gasteiger partial charge < -0.3 is 21.1 Å². The summed E-state index contributed by atoms with van der Waals surface area (Å²) >= 11 is 0. The molecule has 4 N–H and O–H groups in total. The summed E-state index contributed by atoms with van der Waals surface area (Å²) in [4.78, 5) is 38.0. The highest BCUT2D eigenvalue weighted by Crippen LogP contribution is 2.29. The fourth-order valence-corrected chi connectivity index (χ4v) is 2.87. The van der Waals surface area contributed by atoms with Crippen LogP contribution in [0.1, 0.15) is 61.3 Å². The van der Waals surface area contributed by atoms with Gasteiger partial charge in [0.15, 0.2) is 5.78 Å². The van der Waals surface area contributed by atoms with Gasteiger partial charge in [-0.2, -0.15) is 0 Å². The largest absolute Gasteiger partial charge is 0.361 e. The molecule has 4 atom stereocenters. The van der Waals surface area contributed by atoms with E-state index in [4.69, 9.17) is 10.5 Å². The van der Waals surface area contributed by atoms with Crippen LogP contribution in [0.2, 0.25) is 0 Å². The van der Waals surface area contributed by atoms with Gasteiger partial charge >= 0.3 is 0 Å². The van der Waals surface area contributed by atoms with E-state index in [0.717, 1.165) is 0 Å². The summed E-state index contributed by atoms with van der Waals surface area (Å²) in [5.41, 5.74) is 5.10. The topological polar surface area (TPSA) is 114 Å². The number of nitrogens with two attached hydrogens (primary N) is 1. The Kier molecular flexibility index (Phi) is 8.42. The molecule has 0 bridgehead atoms. The lowest BCUT2D eigenvalue weighted by Crippen LogP contribution is -2.56. The zero-order chi connectivity index (χ0) is 20.9. The molecule has 0 unspecified atom stereocenters. The summed E-state index contributed by atoms with van der Waals surface area (Å²) in [6.07, 6.45) is 0.996. The quantitative estimate of drug-likeness (QED) is 0.467.